The van der Waals surface area contributed by atoms with Gasteiger partial charge in [0.1, 0.15) is 6.61 Å². The van der Waals surface area contributed by atoms with Crippen LogP contribution < -0.4 is 5.32 Å². The number of amides is 1. The summed E-state index contributed by atoms with van der Waals surface area (Å²) in [6.07, 6.45) is -2.74. The molecule has 0 unspecified atom stereocenters. The summed E-state index contributed by atoms with van der Waals surface area (Å²) in [5.74, 6) is -0.216. The molecule has 4 nitrogen and oxygen atoms in total. The van der Waals surface area contributed by atoms with Crippen LogP contribution in [0.5, 0.6) is 0 Å². The Bertz CT molecular complexity index is 919. The molecule has 2 aromatic carbocycles. The van der Waals surface area contributed by atoms with E-state index in [4.69, 9.17) is 0 Å². The predicted molar refractivity (Wildman–Crippen MR) is 95.1 cm³/mol. The average Bonchev–Trinajstić information content (AvgIpc) is 2.65. The highest BCUT2D eigenvalue weighted by Gasteiger charge is 2.27. The maximum absolute atomic E-state index is 12.5. The molecule has 0 radical (unpaired) electrons. The molecule has 1 N–H and O–H groups in total. The highest BCUT2D eigenvalue weighted by Crippen LogP contribution is 2.17. The molecule has 0 aliphatic heterocycles. The third-order valence-corrected chi connectivity index (χ3v) is 3.90. The average molecular weight is 374 g/mol. The SMILES string of the molecule is O=C(NCc1ccc(COCC(F)(F)F)cc1)c1ccnc2ccccc12. The fraction of sp³-hybridized carbons (Fsp3) is 0.200. The van der Waals surface area contributed by atoms with E-state index in [9.17, 15) is 18.0 Å². The van der Waals surface area contributed by atoms with Crippen molar-refractivity contribution in [2.75, 3.05) is 6.61 Å². The number of hydrogen-bond acceptors (Lipinski definition) is 3. The molecule has 0 saturated carbocycles. The molecule has 27 heavy (non-hydrogen) atoms. The number of hydrogen-bond donors (Lipinski definition) is 1. The fourth-order valence-electron chi connectivity index (χ4n) is 2.61. The summed E-state index contributed by atoms with van der Waals surface area (Å²) in [5.41, 5.74) is 2.75. The largest absolute Gasteiger partial charge is 0.411 e. The smallest absolute Gasteiger partial charge is 0.367 e. The van der Waals surface area contributed by atoms with Crippen LogP contribution in [0.15, 0.2) is 60.8 Å². The van der Waals surface area contributed by atoms with Gasteiger partial charge < -0.3 is 10.1 Å². The summed E-state index contributed by atoms with van der Waals surface area (Å²) < 4.78 is 40.8. The quantitative estimate of drug-likeness (QED) is 0.702. The van der Waals surface area contributed by atoms with Crippen molar-refractivity contribution in [2.24, 2.45) is 0 Å². The lowest BCUT2D eigenvalue weighted by molar-refractivity contribution is -0.176. The van der Waals surface area contributed by atoms with E-state index in [0.29, 0.717) is 17.7 Å². The lowest BCUT2D eigenvalue weighted by Gasteiger charge is -2.09. The summed E-state index contributed by atoms with van der Waals surface area (Å²) in [4.78, 5) is 16.7. The molecule has 140 valence electrons. The van der Waals surface area contributed by atoms with Crippen LogP contribution >= 0.6 is 0 Å². The Labute approximate surface area is 154 Å². The van der Waals surface area contributed by atoms with E-state index < -0.39 is 12.8 Å². The van der Waals surface area contributed by atoms with Crippen LogP contribution in [0.25, 0.3) is 10.9 Å². The third kappa shape index (κ3) is 5.27. The van der Waals surface area contributed by atoms with Gasteiger partial charge in [-0.1, -0.05) is 42.5 Å². The second kappa shape index (κ2) is 8.18. The summed E-state index contributed by atoms with van der Waals surface area (Å²) >= 11 is 0. The van der Waals surface area contributed by atoms with Crippen molar-refractivity contribution in [3.63, 3.8) is 0 Å². The second-order valence-corrected chi connectivity index (χ2v) is 5.98. The minimum Gasteiger partial charge on any atom is -0.367 e. The molecule has 0 fully saturated rings. The maximum atomic E-state index is 12.5. The van der Waals surface area contributed by atoms with Crippen molar-refractivity contribution in [2.45, 2.75) is 19.3 Å². The number of carbonyl (C=O) groups excluding carboxylic acids is 1. The highest BCUT2D eigenvalue weighted by molar-refractivity contribution is 6.05. The first-order valence-corrected chi connectivity index (χ1v) is 8.27. The van der Waals surface area contributed by atoms with Gasteiger partial charge in [-0.3, -0.25) is 9.78 Å². The number of alkyl halides is 3. The molecule has 0 atom stereocenters. The van der Waals surface area contributed by atoms with E-state index in [1.54, 1.807) is 36.5 Å². The number of aromatic nitrogens is 1. The van der Waals surface area contributed by atoms with Gasteiger partial charge in [0.25, 0.3) is 5.91 Å². The monoisotopic (exact) mass is 374 g/mol. The van der Waals surface area contributed by atoms with Crippen LogP contribution in [0.1, 0.15) is 21.5 Å². The van der Waals surface area contributed by atoms with E-state index in [1.807, 2.05) is 24.3 Å². The fourth-order valence-corrected chi connectivity index (χ4v) is 2.61. The van der Waals surface area contributed by atoms with Gasteiger partial charge in [-0.15, -0.1) is 0 Å². The number of fused-ring (bicyclic) bond motifs is 1. The zero-order valence-electron chi connectivity index (χ0n) is 14.3. The van der Waals surface area contributed by atoms with E-state index in [1.165, 1.54) is 0 Å². The number of pyridine rings is 1. The normalized spacial score (nSPS) is 11.5. The topological polar surface area (TPSA) is 51.2 Å². The molecule has 7 heteroatoms. The third-order valence-electron chi connectivity index (χ3n) is 3.90. The number of ether oxygens (including phenoxy) is 1. The van der Waals surface area contributed by atoms with Gasteiger partial charge in [-0.05, 0) is 23.3 Å². The molecule has 0 aliphatic carbocycles. The van der Waals surface area contributed by atoms with E-state index in [2.05, 4.69) is 15.0 Å². The van der Waals surface area contributed by atoms with E-state index in [-0.39, 0.29) is 12.5 Å². The van der Waals surface area contributed by atoms with Gasteiger partial charge in [0.15, 0.2) is 0 Å². The van der Waals surface area contributed by atoms with Crippen molar-refractivity contribution in [3.8, 4) is 0 Å². The number of carbonyl (C=O) groups is 1. The second-order valence-electron chi connectivity index (χ2n) is 5.98. The molecule has 0 spiro atoms. The van der Waals surface area contributed by atoms with Crippen LogP contribution in [0.4, 0.5) is 13.2 Å². The molecular formula is C20H17F3N2O2. The lowest BCUT2D eigenvalue weighted by Crippen LogP contribution is -2.23. The molecule has 3 rings (SSSR count). The van der Waals surface area contributed by atoms with Crippen LogP contribution in [-0.2, 0) is 17.9 Å². The predicted octanol–water partition coefficient (Wildman–Crippen LogP) is 4.24. The van der Waals surface area contributed by atoms with Crippen molar-refractivity contribution >= 4 is 16.8 Å². The highest BCUT2D eigenvalue weighted by atomic mass is 19.4. The summed E-state index contributed by atoms with van der Waals surface area (Å²) in [6.45, 7) is -1.08. The Kier molecular flexibility index (Phi) is 5.71. The van der Waals surface area contributed by atoms with Gasteiger partial charge in [0, 0.05) is 18.1 Å². The van der Waals surface area contributed by atoms with E-state index >= 15 is 0 Å². The molecule has 3 aromatic rings. The van der Waals surface area contributed by atoms with Crippen LogP contribution in [0.2, 0.25) is 0 Å². The number of para-hydroxylation sites is 1. The van der Waals surface area contributed by atoms with Crippen molar-refractivity contribution in [3.05, 3.63) is 77.5 Å². The molecule has 1 aromatic heterocycles. The minimum absolute atomic E-state index is 0.116. The van der Waals surface area contributed by atoms with E-state index in [0.717, 1.165) is 16.5 Å². The van der Waals surface area contributed by atoms with Gasteiger partial charge in [-0.25, -0.2) is 0 Å². The molecule has 0 bridgehead atoms. The van der Waals surface area contributed by atoms with Crippen molar-refractivity contribution in [1.29, 1.82) is 0 Å². The summed E-state index contributed by atoms with van der Waals surface area (Å²) in [6, 6.07) is 15.9. The molecular weight excluding hydrogens is 357 g/mol. The Morgan fingerprint density at radius 2 is 1.70 bits per heavy atom. The Morgan fingerprint density at radius 3 is 2.44 bits per heavy atom. The summed E-state index contributed by atoms with van der Waals surface area (Å²) in [5, 5.41) is 3.62. The number of benzene rings is 2. The molecule has 1 heterocycles. The standard InChI is InChI=1S/C20H17F3N2O2/c21-20(22,23)13-27-12-15-7-5-14(6-8-15)11-25-19(26)17-9-10-24-18-4-2-1-3-16(17)18/h1-10H,11-13H2,(H,25,26). The van der Waals surface area contributed by atoms with Crippen LogP contribution in [0, 0.1) is 0 Å². The van der Waals surface area contributed by atoms with Gasteiger partial charge >= 0.3 is 6.18 Å². The first-order valence-electron chi connectivity index (χ1n) is 8.27. The Balaban J connectivity index is 1.57. The first-order chi connectivity index (χ1) is 12.9. The van der Waals surface area contributed by atoms with Gasteiger partial charge in [-0.2, -0.15) is 13.2 Å². The molecule has 1 amide bonds. The zero-order chi connectivity index (χ0) is 19.3. The number of nitrogens with zero attached hydrogens (tertiary/aromatic N) is 1. The number of rotatable bonds is 6. The Hall–Kier alpha value is -2.93. The molecule has 0 aliphatic rings. The zero-order valence-corrected chi connectivity index (χ0v) is 14.3. The van der Waals surface area contributed by atoms with Crippen molar-refractivity contribution < 1.29 is 22.7 Å². The number of halogens is 3. The van der Waals surface area contributed by atoms with Gasteiger partial charge in [0.2, 0.25) is 0 Å². The Morgan fingerprint density at radius 1 is 1.00 bits per heavy atom. The van der Waals surface area contributed by atoms with Crippen molar-refractivity contribution in [1.82, 2.24) is 10.3 Å². The van der Waals surface area contributed by atoms with Crippen LogP contribution in [-0.4, -0.2) is 23.7 Å². The number of nitrogens with one attached hydrogen (secondary N) is 1. The maximum Gasteiger partial charge on any atom is 0.411 e. The first kappa shape index (κ1) is 18.8. The summed E-state index contributed by atoms with van der Waals surface area (Å²) in [7, 11) is 0. The van der Waals surface area contributed by atoms with Crippen LogP contribution in [0.3, 0.4) is 0 Å². The van der Waals surface area contributed by atoms with Gasteiger partial charge in [0.05, 0.1) is 17.7 Å². The molecule has 0 saturated heterocycles. The minimum atomic E-state index is -4.33. The lowest BCUT2D eigenvalue weighted by atomic mass is 10.1.